The van der Waals surface area contributed by atoms with E-state index >= 15 is 0 Å². The van der Waals surface area contributed by atoms with E-state index in [0.717, 1.165) is 6.42 Å². The van der Waals surface area contributed by atoms with E-state index in [1.807, 2.05) is 0 Å². The minimum absolute atomic E-state index is 0.0345. The quantitative estimate of drug-likeness (QED) is 0.603. The zero-order valence-corrected chi connectivity index (χ0v) is 9.72. The van der Waals surface area contributed by atoms with Crippen LogP contribution in [0.25, 0.3) is 0 Å². The summed E-state index contributed by atoms with van der Waals surface area (Å²) in [5, 5.41) is 13.8. The summed E-state index contributed by atoms with van der Waals surface area (Å²) in [4.78, 5) is 14.0. The third-order valence-corrected chi connectivity index (χ3v) is 3.01. The molecule has 0 aliphatic heterocycles. The molecule has 2 unspecified atom stereocenters. The highest BCUT2D eigenvalue weighted by molar-refractivity contribution is 5.57. The Morgan fingerprint density at radius 2 is 2.41 bits per heavy atom. The average molecular weight is 236 g/mol. The molecule has 2 atom stereocenters. The van der Waals surface area contributed by atoms with Gasteiger partial charge in [0.05, 0.1) is 4.92 Å². The van der Waals surface area contributed by atoms with Crippen LogP contribution in [0, 0.1) is 16.0 Å². The Bertz CT molecular complexity index is 435. The Kier molecular flexibility index (Phi) is 3.12. The molecule has 1 aromatic heterocycles. The third-order valence-electron chi connectivity index (χ3n) is 3.01. The normalized spacial score (nSPS) is 22.2. The van der Waals surface area contributed by atoms with Crippen LogP contribution < -0.4 is 11.1 Å². The van der Waals surface area contributed by atoms with Gasteiger partial charge < -0.3 is 11.1 Å². The summed E-state index contributed by atoms with van der Waals surface area (Å²) in [7, 11) is 0. The van der Waals surface area contributed by atoms with Crippen LogP contribution in [0.5, 0.6) is 0 Å². The maximum atomic E-state index is 10.6. The lowest BCUT2D eigenvalue weighted by Gasteiger charge is -2.05. The predicted molar refractivity (Wildman–Crippen MR) is 65.7 cm³/mol. The molecule has 92 valence electrons. The van der Waals surface area contributed by atoms with Gasteiger partial charge in [-0.05, 0) is 24.8 Å². The van der Waals surface area contributed by atoms with Crippen LogP contribution in [-0.4, -0.2) is 15.9 Å². The molecule has 1 aromatic rings. The fraction of sp³-hybridized carbons (Fsp3) is 0.545. The lowest BCUT2D eigenvalue weighted by molar-refractivity contribution is -0.384. The number of rotatable bonds is 5. The number of pyridine rings is 1. The minimum Gasteiger partial charge on any atom is -0.378 e. The van der Waals surface area contributed by atoms with E-state index in [2.05, 4.69) is 17.2 Å². The van der Waals surface area contributed by atoms with Crippen molar-refractivity contribution in [3.8, 4) is 0 Å². The zero-order valence-electron chi connectivity index (χ0n) is 9.72. The summed E-state index contributed by atoms with van der Waals surface area (Å²) in [6.07, 6.45) is 3.53. The van der Waals surface area contributed by atoms with Gasteiger partial charge in [-0.2, -0.15) is 0 Å². The maximum Gasteiger partial charge on any atom is 0.311 e. The van der Waals surface area contributed by atoms with Crippen molar-refractivity contribution in [1.29, 1.82) is 0 Å². The topological polar surface area (TPSA) is 94.1 Å². The second-order valence-corrected chi connectivity index (χ2v) is 4.39. The van der Waals surface area contributed by atoms with Crippen LogP contribution in [0.3, 0.4) is 0 Å². The Morgan fingerprint density at radius 3 is 3.00 bits per heavy atom. The highest BCUT2D eigenvalue weighted by Crippen LogP contribution is 2.37. The number of hydrogen-bond donors (Lipinski definition) is 2. The Balaban J connectivity index is 1.99. The summed E-state index contributed by atoms with van der Waals surface area (Å²) in [6, 6.07) is 3.45. The van der Waals surface area contributed by atoms with Gasteiger partial charge >= 0.3 is 5.69 Å². The van der Waals surface area contributed by atoms with Gasteiger partial charge in [0.25, 0.3) is 0 Å². The molecule has 0 radical (unpaired) electrons. The van der Waals surface area contributed by atoms with Crippen LogP contribution in [0.4, 0.5) is 17.3 Å². The molecule has 0 amide bonds. The van der Waals surface area contributed by atoms with Crippen molar-refractivity contribution in [2.75, 3.05) is 11.1 Å². The van der Waals surface area contributed by atoms with Gasteiger partial charge in [0.2, 0.25) is 5.82 Å². The van der Waals surface area contributed by atoms with Crippen LogP contribution in [0.15, 0.2) is 12.1 Å². The zero-order chi connectivity index (χ0) is 12.4. The molecule has 1 fully saturated rings. The van der Waals surface area contributed by atoms with Crippen LogP contribution in [0.2, 0.25) is 0 Å². The summed E-state index contributed by atoms with van der Waals surface area (Å²) in [6.45, 7) is 2.16. The number of nitrogens with zero attached hydrogens (tertiary/aromatic N) is 2. The largest absolute Gasteiger partial charge is 0.378 e. The monoisotopic (exact) mass is 236 g/mol. The second-order valence-electron chi connectivity index (χ2n) is 4.39. The minimum atomic E-state index is -0.525. The van der Waals surface area contributed by atoms with Crippen molar-refractivity contribution < 1.29 is 4.92 Å². The van der Waals surface area contributed by atoms with E-state index in [1.165, 1.54) is 18.9 Å². The highest BCUT2D eigenvalue weighted by atomic mass is 16.6. The lowest BCUT2D eigenvalue weighted by Crippen LogP contribution is -2.08. The molecule has 2 rings (SSSR count). The van der Waals surface area contributed by atoms with E-state index in [-0.39, 0.29) is 11.5 Å². The van der Waals surface area contributed by atoms with Gasteiger partial charge in [0.1, 0.15) is 5.82 Å². The SMILES string of the molecule is CCCC1CC1Nc1ccc([N+](=O)[O-])c(N)n1. The second kappa shape index (κ2) is 4.57. The number of hydrogen-bond acceptors (Lipinski definition) is 5. The molecule has 3 N–H and O–H groups in total. The van der Waals surface area contributed by atoms with Gasteiger partial charge in [-0.15, -0.1) is 0 Å². The Labute approximate surface area is 99.4 Å². The first kappa shape index (κ1) is 11.6. The van der Waals surface area contributed by atoms with Crippen molar-refractivity contribution >= 4 is 17.3 Å². The molecule has 0 aromatic carbocycles. The predicted octanol–water partition coefficient (Wildman–Crippen LogP) is 2.17. The molecule has 6 heteroatoms. The summed E-state index contributed by atoms with van der Waals surface area (Å²) in [5.74, 6) is 1.29. The first-order valence-corrected chi connectivity index (χ1v) is 5.79. The van der Waals surface area contributed by atoms with Crippen LogP contribution in [-0.2, 0) is 0 Å². The third kappa shape index (κ3) is 2.64. The molecule has 0 bridgehead atoms. The first-order valence-electron chi connectivity index (χ1n) is 5.79. The molecular formula is C11H16N4O2. The highest BCUT2D eigenvalue weighted by Gasteiger charge is 2.36. The first-order chi connectivity index (χ1) is 8.11. The molecule has 0 saturated heterocycles. The van der Waals surface area contributed by atoms with Gasteiger partial charge in [-0.1, -0.05) is 13.3 Å². The van der Waals surface area contributed by atoms with Gasteiger partial charge in [-0.3, -0.25) is 10.1 Å². The average Bonchev–Trinajstić information content (AvgIpc) is 2.96. The van der Waals surface area contributed by atoms with Crippen LogP contribution in [0.1, 0.15) is 26.2 Å². The molecular weight excluding hydrogens is 220 g/mol. The summed E-state index contributed by atoms with van der Waals surface area (Å²) >= 11 is 0. The van der Waals surface area contributed by atoms with Crippen molar-refractivity contribution in [3.63, 3.8) is 0 Å². The van der Waals surface area contributed by atoms with E-state index in [4.69, 9.17) is 5.73 Å². The van der Waals surface area contributed by atoms with Gasteiger partial charge in [0.15, 0.2) is 0 Å². The molecule has 1 heterocycles. The number of nitrogen functional groups attached to an aromatic ring is 1. The standard InChI is InChI=1S/C11H16N4O2/c1-2-3-7-6-8(7)13-10-5-4-9(15(16)17)11(12)14-10/h4-5,7-8H,2-3,6H2,1H3,(H3,12,13,14). The van der Waals surface area contributed by atoms with Crippen LogP contribution >= 0.6 is 0 Å². The Morgan fingerprint density at radius 1 is 1.65 bits per heavy atom. The number of nitro groups is 1. The number of nitrogens with one attached hydrogen (secondary N) is 1. The molecule has 6 nitrogen and oxygen atoms in total. The lowest BCUT2D eigenvalue weighted by atomic mass is 10.2. The summed E-state index contributed by atoms with van der Waals surface area (Å²) < 4.78 is 0. The fourth-order valence-corrected chi connectivity index (χ4v) is 2.01. The van der Waals surface area contributed by atoms with Crippen molar-refractivity contribution in [2.24, 2.45) is 5.92 Å². The van der Waals surface area contributed by atoms with Crippen molar-refractivity contribution in [1.82, 2.24) is 4.98 Å². The number of aromatic nitrogens is 1. The van der Waals surface area contributed by atoms with E-state index in [1.54, 1.807) is 6.07 Å². The summed E-state index contributed by atoms with van der Waals surface area (Å²) in [5.41, 5.74) is 5.38. The van der Waals surface area contributed by atoms with Gasteiger partial charge in [0, 0.05) is 12.1 Å². The van der Waals surface area contributed by atoms with E-state index < -0.39 is 4.92 Å². The smallest absolute Gasteiger partial charge is 0.311 e. The Hall–Kier alpha value is -1.85. The van der Waals surface area contributed by atoms with E-state index in [9.17, 15) is 10.1 Å². The number of anilines is 2. The van der Waals surface area contributed by atoms with Crippen molar-refractivity contribution in [2.45, 2.75) is 32.2 Å². The van der Waals surface area contributed by atoms with Gasteiger partial charge in [-0.25, -0.2) is 4.98 Å². The molecule has 17 heavy (non-hydrogen) atoms. The molecule has 1 aliphatic rings. The van der Waals surface area contributed by atoms with E-state index in [0.29, 0.717) is 17.8 Å². The maximum absolute atomic E-state index is 10.6. The number of nitrogens with two attached hydrogens (primary N) is 1. The molecule has 0 spiro atoms. The van der Waals surface area contributed by atoms with Crippen molar-refractivity contribution in [3.05, 3.63) is 22.2 Å². The molecule has 1 saturated carbocycles. The fourth-order valence-electron chi connectivity index (χ4n) is 2.01. The molecule has 1 aliphatic carbocycles.